The van der Waals surface area contributed by atoms with Crippen molar-refractivity contribution in [3.63, 3.8) is 0 Å². The van der Waals surface area contributed by atoms with E-state index in [0.29, 0.717) is 6.42 Å². The number of ether oxygens (including phenoxy) is 1. The van der Waals surface area contributed by atoms with Crippen molar-refractivity contribution < 1.29 is 9.84 Å². The van der Waals surface area contributed by atoms with E-state index in [9.17, 15) is 5.11 Å². The summed E-state index contributed by atoms with van der Waals surface area (Å²) in [4.78, 5) is 0. The molecule has 0 aliphatic rings. The summed E-state index contributed by atoms with van der Waals surface area (Å²) in [5.74, 6) is 0. The van der Waals surface area contributed by atoms with E-state index in [1.54, 1.807) is 7.11 Å². The molecule has 2 nitrogen and oxygen atoms in total. The molecule has 11 heavy (non-hydrogen) atoms. The quantitative estimate of drug-likeness (QED) is 0.682. The van der Waals surface area contributed by atoms with Gasteiger partial charge in [-0.25, -0.2) is 0 Å². The van der Waals surface area contributed by atoms with Crippen LogP contribution in [0, 0.1) is 5.41 Å². The van der Waals surface area contributed by atoms with Gasteiger partial charge in [0.2, 0.25) is 0 Å². The van der Waals surface area contributed by atoms with Crippen molar-refractivity contribution in [3.05, 3.63) is 0 Å². The van der Waals surface area contributed by atoms with E-state index in [1.165, 1.54) is 0 Å². The Bertz CT molecular complexity index is 105. The summed E-state index contributed by atoms with van der Waals surface area (Å²) in [5.41, 5.74) is -0.0349. The summed E-state index contributed by atoms with van der Waals surface area (Å²) in [6, 6.07) is 0. The molecule has 0 spiro atoms. The number of methoxy groups -OCH3 is 1. The lowest BCUT2D eigenvalue weighted by Gasteiger charge is -2.27. The molecule has 0 aromatic carbocycles. The Hall–Kier alpha value is -0.0800. The minimum Gasteiger partial charge on any atom is -0.392 e. The summed E-state index contributed by atoms with van der Waals surface area (Å²) < 4.78 is 5.06. The van der Waals surface area contributed by atoms with Crippen molar-refractivity contribution in [3.8, 4) is 0 Å². The third kappa shape index (κ3) is 4.38. The van der Waals surface area contributed by atoms with Gasteiger partial charge in [0.25, 0.3) is 0 Å². The molecule has 0 rings (SSSR count). The first kappa shape index (κ1) is 10.9. The van der Waals surface area contributed by atoms with Crippen LogP contribution in [-0.2, 0) is 4.74 Å². The molecule has 0 heterocycles. The maximum Gasteiger partial charge on any atom is 0.0613 e. The van der Waals surface area contributed by atoms with Crippen molar-refractivity contribution in [2.45, 2.75) is 46.3 Å². The van der Waals surface area contributed by atoms with E-state index in [-0.39, 0.29) is 17.6 Å². The van der Waals surface area contributed by atoms with Crippen LogP contribution in [0.4, 0.5) is 0 Å². The van der Waals surface area contributed by atoms with E-state index in [4.69, 9.17) is 4.74 Å². The molecule has 0 amide bonds. The Labute approximate surface area is 69.6 Å². The summed E-state index contributed by atoms with van der Waals surface area (Å²) in [6.45, 7) is 8.05. The highest BCUT2D eigenvalue weighted by Gasteiger charge is 2.23. The van der Waals surface area contributed by atoms with Crippen molar-refractivity contribution in [2.24, 2.45) is 5.41 Å². The molecule has 2 atom stereocenters. The predicted octanol–water partition coefficient (Wildman–Crippen LogP) is 1.82. The van der Waals surface area contributed by atoms with E-state index in [1.807, 2.05) is 27.7 Å². The van der Waals surface area contributed by atoms with Crippen LogP contribution < -0.4 is 0 Å². The molecule has 68 valence electrons. The van der Waals surface area contributed by atoms with Crippen LogP contribution in [0.2, 0.25) is 0 Å². The fraction of sp³-hybridized carbons (Fsp3) is 1.00. The normalized spacial score (nSPS) is 18.0. The van der Waals surface area contributed by atoms with E-state index in [2.05, 4.69) is 0 Å². The molecule has 0 saturated carbocycles. The van der Waals surface area contributed by atoms with Gasteiger partial charge in [-0.1, -0.05) is 20.8 Å². The van der Waals surface area contributed by atoms with Crippen molar-refractivity contribution >= 4 is 0 Å². The van der Waals surface area contributed by atoms with Crippen molar-refractivity contribution in [1.29, 1.82) is 0 Å². The topological polar surface area (TPSA) is 29.5 Å². The number of hydrogen-bond acceptors (Lipinski definition) is 2. The van der Waals surface area contributed by atoms with Crippen molar-refractivity contribution in [2.75, 3.05) is 7.11 Å². The highest BCUT2D eigenvalue weighted by atomic mass is 16.5. The molecule has 0 aliphatic heterocycles. The fourth-order valence-electron chi connectivity index (χ4n) is 0.764. The van der Waals surface area contributed by atoms with Gasteiger partial charge in [0.1, 0.15) is 0 Å². The van der Waals surface area contributed by atoms with Gasteiger partial charge in [0.05, 0.1) is 12.2 Å². The molecule has 0 aromatic heterocycles. The summed E-state index contributed by atoms with van der Waals surface area (Å²) in [5, 5.41) is 9.61. The molecule has 0 aromatic rings. The molecule has 0 saturated heterocycles. The molecular formula is C9H20O2. The van der Waals surface area contributed by atoms with Gasteiger partial charge in [-0.3, -0.25) is 0 Å². The molecule has 0 radical (unpaired) electrons. The third-order valence-electron chi connectivity index (χ3n) is 1.96. The fourth-order valence-corrected chi connectivity index (χ4v) is 0.764. The van der Waals surface area contributed by atoms with Crippen LogP contribution in [0.5, 0.6) is 0 Å². The second kappa shape index (κ2) is 4.07. The summed E-state index contributed by atoms with van der Waals surface area (Å²) >= 11 is 0. The zero-order valence-electron chi connectivity index (χ0n) is 8.22. The molecule has 1 unspecified atom stereocenters. The van der Waals surface area contributed by atoms with E-state index < -0.39 is 0 Å². The molecule has 0 bridgehead atoms. The third-order valence-corrected chi connectivity index (χ3v) is 1.96. The lowest BCUT2D eigenvalue weighted by molar-refractivity contribution is 0.00371. The number of aliphatic hydroxyl groups is 1. The monoisotopic (exact) mass is 160 g/mol. The van der Waals surface area contributed by atoms with Gasteiger partial charge in [-0.15, -0.1) is 0 Å². The Balaban J connectivity index is 3.77. The number of aliphatic hydroxyl groups excluding tert-OH is 1. The Morgan fingerprint density at radius 1 is 1.36 bits per heavy atom. The molecule has 0 fully saturated rings. The SMILES string of the molecule is CO[C@H](C)CC(O)C(C)(C)C. The summed E-state index contributed by atoms with van der Waals surface area (Å²) in [7, 11) is 1.67. The zero-order valence-corrected chi connectivity index (χ0v) is 8.22. The highest BCUT2D eigenvalue weighted by Crippen LogP contribution is 2.22. The lowest BCUT2D eigenvalue weighted by Crippen LogP contribution is -2.29. The largest absolute Gasteiger partial charge is 0.392 e. The maximum absolute atomic E-state index is 9.61. The van der Waals surface area contributed by atoms with Gasteiger partial charge in [0.15, 0.2) is 0 Å². The second-order valence-corrected chi connectivity index (χ2v) is 4.16. The smallest absolute Gasteiger partial charge is 0.0613 e. The van der Waals surface area contributed by atoms with Crippen LogP contribution in [0.15, 0.2) is 0 Å². The molecule has 2 heteroatoms. The number of rotatable bonds is 3. The first-order valence-corrected chi connectivity index (χ1v) is 4.08. The second-order valence-electron chi connectivity index (χ2n) is 4.16. The molecule has 1 N–H and O–H groups in total. The average molecular weight is 160 g/mol. The van der Waals surface area contributed by atoms with Crippen LogP contribution in [0.3, 0.4) is 0 Å². The lowest BCUT2D eigenvalue weighted by atomic mass is 9.86. The standard InChI is InChI=1S/C9H20O2/c1-7(11-5)6-8(10)9(2,3)4/h7-8,10H,6H2,1-5H3/t7-,8?/m1/s1. The van der Waals surface area contributed by atoms with E-state index in [0.717, 1.165) is 0 Å². The van der Waals surface area contributed by atoms with Crippen LogP contribution in [0.25, 0.3) is 0 Å². The maximum atomic E-state index is 9.61. The van der Waals surface area contributed by atoms with Crippen LogP contribution in [-0.4, -0.2) is 24.4 Å². The Kier molecular flexibility index (Phi) is 4.04. The van der Waals surface area contributed by atoms with Crippen molar-refractivity contribution in [1.82, 2.24) is 0 Å². The van der Waals surface area contributed by atoms with E-state index >= 15 is 0 Å². The predicted molar refractivity (Wildman–Crippen MR) is 46.5 cm³/mol. The minimum atomic E-state index is -0.280. The average Bonchev–Trinajstić information content (AvgIpc) is 1.85. The molecule has 0 aliphatic carbocycles. The Morgan fingerprint density at radius 2 is 1.82 bits per heavy atom. The van der Waals surface area contributed by atoms with Gasteiger partial charge in [0, 0.05) is 7.11 Å². The van der Waals surface area contributed by atoms with Crippen LogP contribution >= 0.6 is 0 Å². The number of hydrogen-bond donors (Lipinski definition) is 1. The minimum absolute atomic E-state index is 0.0349. The van der Waals surface area contributed by atoms with Crippen LogP contribution in [0.1, 0.15) is 34.1 Å². The molecular weight excluding hydrogens is 140 g/mol. The highest BCUT2D eigenvalue weighted by molar-refractivity contribution is 4.74. The Morgan fingerprint density at radius 3 is 2.09 bits per heavy atom. The van der Waals surface area contributed by atoms with Gasteiger partial charge in [-0.05, 0) is 18.8 Å². The first-order chi connectivity index (χ1) is 4.88. The van der Waals surface area contributed by atoms with Gasteiger partial charge in [-0.2, -0.15) is 0 Å². The first-order valence-electron chi connectivity index (χ1n) is 4.08. The van der Waals surface area contributed by atoms with Gasteiger partial charge < -0.3 is 9.84 Å². The van der Waals surface area contributed by atoms with Gasteiger partial charge >= 0.3 is 0 Å². The summed E-state index contributed by atoms with van der Waals surface area (Å²) in [6.07, 6.45) is 0.571. The zero-order chi connectivity index (χ0) is 9.07.